The number of nitrogens with zero attached hydrogens (tertiary/aromatic N) is 1. The highest BCUT2D eigenvalue weighted by Crippen LogP contribution is 2.23. The van der Waals surface area contributed by atoms with Gasteiger partial charge in [0.15, 0.2) is 9.84 Å². The predicted molar refractivity (Wildman–Crippen MR) is 74.2 cm³/mol. The van der Waals surface area contributed by atoms with E-state index in [-0.39, 0.29) is 11.5 Å². The summed E-state index contributed by atoms with van der Waals surface area (Å²) in [4.78, 5) is 2.19. The minimum atomic E-state index is -2.87. The van der Waals surface area contributed by atoms with Crippen molar-refractivity contribution < 1.29 is 8.42 Å². The van der Waals surface area contributed by atoms with Gasteiger partial charge in [0.1, 0.15) is 0 Å². The van der Waals surface area contributed by atoms with Crippen molar-refractivity contribution in [3.63, 3.8) is 0 Å². The summed E-state index contributed by atoms with van der Waals surface area (Å²) >= 11 is 0. The topological polar surface area (TPSA) is 63.4 Å². The van der Waals surface area contributed by atoms with E-state index in [4.69, 9.17) is 5.73 Å². The average Bonchev–Trinajstić information content (AvgIpc) is 2.37. The van der Waals surface area contributed by atoms with Crippen molar-refractivity contribution in [1.29, 1.82) is 0 Å². The Balaban J connectivity index is 2.00. The molecule has 18 heavy (non-hydrogen) atoms. The monoisotopic (exact) mass is 268 g/mol. The predicted octanol–water partition coefficient (Wildman–Crippen LogP) is 1.06. The van der Waals surface area contributed by atoms with Crippen LogP contribution in [-0.2, 0) is 22.8 Å². The summed E-state index contributed by atoms with van der Waals surface area (Å²) in [6, 6.07) is 5.96. The molecule has 2 N–H and O–H groups in total. The molecule has 1 aromatic carbocycles. The van der Waals surface area contributed by atoms with Gasteiger partial charge in [-0.25, -0.2) is 8.42 Å². The second-order valence-corrected chi connectivity index (χ2v) is 7.22. The van der Waals surface area contributed by atoms with Gasteiger partial charge in [0.05, 0.1) is 5.75 Å². The van der Waals surface area contributed by atoms with Crippen molar-refractivity contribution in [1.82, 2.24) is 4.90 Å². The van der Waals surface area contributed by atoms with Crippen molar-refractivity contribution in [2.75, 3.05) is 30.3 Å². The molecule has 1 aromatic rings. The molecule has 0 fully saturated rings. The summed E-state index contributed by atoms with van der Waals surface area (Å²) in [6.07, 6.45) is 0.911. The summed E-state index contributed by atoms with van der Waals surface area (Å²) in [5, 5.41) is 0. The molecule has 4 nitrogen and oxygen atoms in total. The van der Waals surface area contributed by atoms with E-state index in [2.05, 4.69) is 11.0 Å². The second kappa shape index (κ2) is 5.28. The maximum atomic E-state index is 11.5. The summed E-state index contributed by atoms with van der Waals surface area (Å²) in [6.45, 7) is 4.01. The first-order chi connectivity index (χ1) is 8.52. The average molecular weight is 268 g/mol. The van der Waals surface area contributed by atoms with E-state index in [1.54, 1.807) is 6.92 Å². The van der Waals surface area contributed by atoms with Gasteiger partial charge in [-0.15, -0.1) is 0 Å². The normalized spacial score (nSPS) is 16.5. The van der Waals surface area contributed by atoms with E-state index in [0.717, 1.165) is 25.2 Å². The van der Waals surface area contributed by atoms with Gasteiger partial charge in [-0.2, -0.15) is 0 Å². The van der Waals surface area contributed by atoms with Gasteiger partial charge in [0, 0.05) is 31.1 Å². The van der Waals surface area contributed by atoms with Crippen LogP contribution in [0.4, 0.5) is 5.69 Å². The molecule has 1 aliphatic heterocycles. The van der Waals surface area contributed by atoms with Crippen molar-refractivity contribution in [3.05, 3.63) is 29.3 Å². The van der Waals surface area contributed by atoms with Gasteiger partial charge in [-0.05, 0) is 23.6 Å². The molecule has 0 aromatic heterocycles. The summed E-state index contributed by atoms with van der Waals surface area (Å²) in [7, 11) is -2.87. The highest BCUT2D eigenvalue weighted by molar-refractivity contribution is 7.91. The van der Waals surface area contributed by atoms with Crippen LogP contribution in [0.25, 0.3) is 0 Å². The molecule has 0 aliphatic carbocycles. The largest absolute Gasteiger partial charge is 0.398 e. The Hall–Kier alpha value is -1.07. The first-order valence-corrected chi connectivity index (χ1v) is 8.13. The molecule has 100 valence electrons. The molecule has 5 heteroatoms. The van der Waals surface area contributed by atoms with E-state index in [9.17, 15) is 8.42 Å². The van der Waals surface area contributed by atoms with Gasteiger partial charge in [0.25, 0.3) is 0 Å². The Morgan fingerprint density at radius 1 is 1.39 bits per heavy atom. The van der Waals surface area contributed by atoms with Crippen molar-refractivity contribution >= 4 is 15.5 Å². The van der Waals surface area contributed by atoms with E-state index in [0.29, 0.717) is 6.54 Å². The second-order valence-electron chi connectivity index (χ2n) is 4.75. The highest BCUT2D eigenvalue weighted by Gasteiger charge is 2.19. The van der Waals surface area contributed by atoms with Gasteiger partial charge in [-0.3, -0.25) is 4.90 Å². The number of benzene rings is 1. The van der Waals surface area contributed by atoms with E-state index >= 15 is 0 Å². The fourth-order valence-electron chi connectivity index (χ4n) is 2.30. The third-order valence-electron chi connectivity index (χ3n) is 3.54. The maximum Gasteiger partial charge on any atom is 0.151 e. The lowest BCUT2D eigenvalue weighted by atomic mass is 9.98. The van der Waals surface area contributed by atoms with E-state index in [1.807, 2.05) is 12.1 Å². The lowest BCUT2D eigenvalue weighted by Gasteiger charge is -2.29. The van der Waals surface area contributed by atoms with Gasteiger partial charge < -0.3 is 5.73 Å². The third kappa shape index (κ3) is 3.03. The summed E-state index contributed by atoms with van der Waals surface area (Å²) in [5.74, 6) is 0.478. The fraction of sp³-hybridized carbons (Fsp3) is 0.538. The van der Waals surface area contributed by atoms with Gasteiger partial charge in [-0.1, -0.05) is 19.1 Å². The van der Waals surface area contributed by atoms with Crippen LogP contribution in [0, 0.1) is 0 Å². The Morgan fingerprint density at radius 2 is 2.17 bits per heavy atom. The minimum Gasteiger partial charge on any atom is -0.398 e. The fourth-order valence-corrected chi connectivity index (χ4v) is 3.13. The number of anilines is 1. The molecule has 0 saturated carbocycles. The molecule has 0 unspecified atom stereocenters. The zero-order valence-corrected chi connectivity index (χ0v) is 11.5. The van der Waals surface area contributed by atoms with Gasteiger partial charge in [0.2, 0.25) is 0 Å². The molecule has 1 aliphatic rings. The van der Waals surface area contributed by atoms with E-state index in [1.165, 1.54) is 11.1 Å². The molecule has 1 heterocycles. The molecule has 2 rings (SSSR count). The Labute approximate surface area is 109 Å². The van der Waals surface area contributed by atoms with Crippen molar-refractivity contribution in [3.8, 4) is 0 Å². The molecule has 0 spiro atoms. The molecule has 0 amide bonds. The van der Waals surface area contributed by atoms with Crippen LogP contribution in [0.15, 0.2) is 18.2 Å². The van der Waals surface area contributed by atoms with Crippen molar-refractivity contribution in [2.24, 2.45) is 0 Å². The van der Waals surface area contributed by atoms with Crippen LogP contribution in [0.2, 0.25) is 0 Å². The molecule has 0 atom stereocenters. The Morgan fingerprint density at radius 3 is 2.89 bits per heavy atom. The standard InChI is InChI=1S/C13H20N2O2S/c1-2-18(16,17)9-8-15-7-6-12-11(10-15)4-3-5-13(12)14/h3-5H,2,6-10,14H2,1H3. The lowest BCUT2D eigenvalue weighted by Crippen LogP contribution is -2.35. The Bertz CT molecular complexity index is 526. The van der Waals surface area contributed by atoms with Crippen LogP contribution in [0.5, 0.6) is 0 Å². The van der Waals surface area contributed by atoms with Crippen LogP contribution >= 0.6 is 0 Å². The SMILES string of the molecule is CCS(=O)(=O)CCN1CCc2c(N)cccc2C1. The Kier molecular flexibility index (Phi) is 3.92. The smallest absolute Gasteiger partial charge is 0.151 e. The number of sulfone groups is 1. The van der Waals surface area contributed by atoms with Crippen LogP contribution in [-0.4, -0.2) is 37.9 Å². The number of hydrogen-bond acceptors (Lipinski definition) is 4. The molecule has 0 saturated heterocycles. The number of hydrogen-bond donors (Lipinski definition) is 1. The molecule has 0 radical (unpaired) electrons. The molecule has 0 bridgehead atoms. The summed E-state index contributed by atoms with van der Waals surface area (Å²) in [5.41, 5.74) is 9.25. The van der Waals surface area contributed by atoms with E-state index < -0.39 is 9.84 Å². The third-order valence-corrected chi connectivity index (χ3v) is 5.22. The zero-order chi connectivity index (χ0) is 13.2. The first kappa shape index (κ1) is 13.4. The maximum absolute atomic E-state index is 11.5. The number of rotatable bonds is 4. The molecular weight excluding hydrogens is 248 g/mol. The minimum absolute atomic E-state index is 0.227. The number of fused-ring (bicyclic) bond motifs is 1. The van der Waals surface area contributed by atoms with Crippen LogP contribution < -0.4 is 5.73 Å². The zero-order valence-electron chi connectivity index (χ0n) is 10.7. The number of nitrogen functional groups attached to an aromatic ring is 1. The number of nitrogens with two attached hydrogens (primary N) is 1. The van der Waals surface area contributed by atoms with Crippen molar-refractivity contribution in [2.45, 2.75) is 19.9 Å². The van der Waals surface area contributed by atoms with Gasteiger partial charge >= 0.3 is 0 Å². The first-order valence-electron chi connectivity index (χ1n) is 6.31. The van der Waals surface area contributed by atoms with Crippen LogP contribution in [0.3, 0.4) is 0 Å². The van der Waals surface area contributed by atoms with Crippen LogP contribution in [0.1, 0.15) is 18.1 Å². The lowest BCUT2D eigenvalue weighted by molar-refractivity contribution is 0.269. The highest BCUT2D eigenvalue weighted by atomic mass is 32.2. The molecular formula is C13H20N2O2S. The quantitative estimate of drug-likeness (QED) is 0.829. The summed E-state index contributed by atoms with van der Waals surface area (Å²) < 4.78 is 23.0.